The molecule has 0 bridgehead atoms. The minimum Gasteiger partial charge on any atom is -0.477 e. The van der Waals surface area contributed by atoms with Crippen molar-refractivity contribution < 1.29 is 15.0 Å². The van der Waals surface area contributed by atoms with Gasteiger partial charge in [-0.15, -0.1) is 0 Å². The van der Waals surface area contributed by atoms with Crippen molar-refractivity contribution in [3.8, 4) is 0 Å². The van der Waals surface area contributed by atoms with Crippen LogP contribution in [0.15, 0.2) is 18.2 Å². The summed E-state index contributed by atoms with van der Waals surface area (Å²) in [6, 6.07) is 4.97. The van der Waals surface area contributed by atoms with Crippen LogP contribution in [0.5, 0.6) is 0 Å². The van der Waals surface area contributed by atoms with E-state index in [1.54, 1.807) is 12.1 Å². The molecule has 17 heavy (non-hydrogen) atoms. The Labute approximate surface area is 99.7 Å². The van der Waals surface area contributed by atoms with Crippen LogP contribution in [0.25, 0.3) is 0 Å². The number of hydrogen-bond acceptors (Lipinski definition) is 4. The smallest absolute Gasteiger partial charge is 0.354 e. The number of piperidine rings is 1. The molecule has 1 saturated heterocycles. The first kappa shape index (κ1) is 11.9. The molecule has 1 aliphatic rings. The van der Waals surface area contributed by atoms with E-state index < -0.39 is 11.6 Å². The van der Waals surface area contributed by atoms with Crippen LogP contribution < -0.4 is 4.90 Å². The monoisotopic (exact) mass is 236 g/mol. The van der Waals surface area contributed by atoms with Crippen LogP contribution in [0.2, 0.25) is 0 Å². The lowest BCUT2D eigenvalue weighted by atomic mass is 9.94. The summed E-state index contributed by atoms with van der Waals surface area (Å²) in [6.07, 6.45) is 1.35. The summed E-state index contributed by atoms with van der Waals surface area (Å²) in [5, 5.41) is 18.7. The molecule has 1 aliphatic heterocycles. The Bertz CT molecular complexity index is 422. The Morgan fingerprint density at radius 3 is 2.65 bits per heavy atom. The van der Waals surface area contributed by atoms with Crippen LogP contribution in [0.1, 0.15) is 30.3 Å². The van der Waals surface area contributed by atoms with Gasteiger partial charge in [0, 0.05) is 13.1 Å². The van der Waals surface area contributed by atoms with Crippen molar-refractivity contribution in [1.82, 2.24) is 4.98 Å². The largest absolute Gasteiger partial charge is 0.477 e. The second kappa shape index (κ2) is 4.33. The molecule has 0 aromatic carbocycles. The molecule has 0 aliphatic carbocycles. The number of nitrogens with zero attached hydrogens (tertiary/aromatic N) is 2. The van der Waals surface area contributed by atoms with Crippen LogP contribution in [0.4, 0.5) is 5.82 Å². The highest BCUT2D eigenvalue weighted by Crippen LogP contribution is 2.24. The number of pyridine rings is 1. The van der Waals surface area contributed by atoms with Crippen molar-refractivity contribution in [3.05, 3.63) is 23.9 Å². The van der Waals surface area contributed by atoms with Gasteiger partial charge in [0.2, 0.25) is 0 Å². The zero-order chi connectivity index (χ0) is 12.5. The molecule has 92 valence electrons. The van der Waals surface area contributed by atoms with E-state index in [4.69, 9.17) is 5.11 Å². The summed E-state index contributed by atoms with van der Waals surface area (Å²) in [5.41, 5.74) is -0.555. The lowest BCUT2D eigenvalue weighted by molar-refractivity contribution is 0.0349. The predicted octanol–water partition coefficient (Wildman–Crippen LogP) is 1.13. The van der Waals surface area contributed by atoms with Crippen LogP contribution in [0, 0.1) is 0 Å². The number of aromatic nitrogens is 1. The second-order valence-corrected chi connectivity index (χ2v) is 4.67. The second-order valence-electron chi connectivity index (χ2n) is 4.67. The number of anilines is 1. The molecule has 1 aromatic heterocycles. The third kappa shape index (κ3) is 2.74. The van der Waals surface area contributed by atoms with Gasteiger partial charge < -0.3 is 15.1 Å². The Kier molecular flexibility index (Phi) is 3.02. The molecular formula is C12H16N2O3. The minimum absolute atomic E-state index is 0.0554. The average molecular weight is 236 g/mol. The van der Waals surface area contributed by atoms with E-state index in [0.717, 1.165) is 0 Å². The van der Waals surface area contributed by atoms with Gasteiger partial charge in [-0.05, 0) is 31.9 Å². The molecule has 0 radical (unpaired) electrons. The lowest BCUT2D eigenvalue weighted by Crippen LogP contribution is -2.42. The maximum atomic E-state index is 10.8. The molecule has 0 amide bonds. The van der Waals surface area contributed by atoms with E-state index in [-0.39, 0.29) is 5.69 Å². The molecule has 1 fully saturated rings. The van der Waals surface area contributed by atoms with Crippen molar-refractivity contribution >= 4 is 11.8 Å². The van der Waals surface area contributed by atoms with Gasteiger partial charge in [-0.1, -0.05) is 6.07 Å². The number of hydrogen-bond donors (Lipinski definition) is 2. The highest BCUT2D eigenvalue weighted by atomic mass is 16.4. The quantitative estimate of drug-likeness (QED) is 0.805. The minimum atomic E-state index is -1.02. The Morgan fingerprint density at radius 1 is 1.41 bits per heavy atom. The van der Waals surface area contributed by atoms with Crippen LogP contribution in [-0.4, -0.2) is 39.9 Å². The van der Waals surface area contributed by atoms with Gasteiger partial charge in [0.25, 0.3) is 0 Å². The van der Waals surface area contributed by atoms with Crippen LogP contribution >= 0.6 is 0 Å². The van der Waals surface area contributed by atoms with Crippen molar-refractivity contribution in [2.45, 2.75) is 25.4 Å². The third-order valence-corrected chi connectivity index (χ3v) is 3.12. The summed E-state index contributed by atoms with van der Waals surface area (Å²) < 4.78 is 0. The SMILES string of the molecule is CC1(O)CCN(c2cccc(C(=O)O)n2)CC1. The molecule has 0 atom stereocenters. The average Bonchev–Trinajstić information content (AvgIpc) is 2.29. The van der Waals surface area contributed by atoms with Gasteiger partial charge in [0.15, 0.2) is 5.69 Å². The fourth-order valence-electron chi connectivity index (χ4n) is 1.94. The third-order valence-electron chi connectivity index (χ3n) is 3.12. The molecule has 0 spiro atoms. The fraction of sp³-hybridized carbons (Fsp3) is 0.500. The van der Waals surface area contributed by atoms with Crippen LogP contribution in [0.3, 0.4) is 0 Å². The summed E-state index contributed by atoms with van der Waals surface area (Å²) in [7, 11) is 0. The standard InChI is InChI=1S/C12H16N2O3/c1-12(17)5-7-14(8-6-12)10-4-2-3-9(13-10)11(15)16/h2-4,17H,5-8H2,1H3,(H,15,16). The number of carboxylic acids is 1. The van der Waals surface area contributed by atoms with E-state index in [0.29, 0.717) is 31.7 Å². The first-order valence-corrected chi connectivity index (χ1v) is 5.66. The van der Waals surface area contributed by atoms with E-state index in [1.807, 2.05) is 11.8 Å². The van der Waals surface area contributed by atoms with Crippen molar-refractivity contribution in [2.24, 2.45) is 0 Å². The maximum absolute atomic E-state index is 10.8. The molecule has 0 saturated carbocycles. The van der Waals surface area contributed by atoms with Gasteiger partial charge in [-0.3, -0.25) is 0 Å². The zero-order valence-corrected chi connectivity index (χ0v) is 9.76. The van der Waals surface area contributed by atoms with Crippen LogP contribution in [-0.2, 0) is 0 Å². The van der Waals surface area contributed by atoms with E-state index in [9.17, 15) is 9.90 Å². The van der Waals surface area contributed by atoms with Crippen molar-refractivity contribution in [3.63, 3.8) is 0 Å². The first-order valence-electron chi connectivity index (χ1n) is 5.66. The number of aromatic carboxylic acids is 1. The Morgan fingerprint density at radius 2 is 2.06 bits per heavy atom. The molecular weight excluding hydrogens is 220 g/mol. The van der Waals surface area contributed by atoms with Crippen molar-refractivity contribution in [1.29, 1.82) is 0 Å². The van der Waals surface area contributed by atoms with Gasteiger partial charge in [-0.2, -0.15) is 0 Å². The number of rotatable bonds is 2. The summed E-state index contributed by atoms with van der Waals surface area (Å²) >= 11 is 0. The molecule has 5 nitrogen and oxygen atoms in total. The molecule has 1 aromatic rings. The van der Waals surface area contributed by atoms with Gasteiger partial charge in [-0.25, -0.2) is 9.78 Å². The molecule has 2 rings (SSSR count). The molecule has 2 heterocycles. The van der Waals surface area contributed by atoms with E-state index >= 15 is 0 Å². The van der Waals surface area contributed by atoms with E-state index in [1.165, 1.54) is 6.07 Å². The summed E-state index contributed by atoms with van der Waals surface area (Å²) in [5.74, 6) is -0.351. The summed E-state index contributed by atoms with van der Waals surface area (Å²) in [6.45, 7) is 3.22. The number of carboxylic acid groups (broad SMARTS) is 1. The maximum Gasteiger partial charge on any atom is 0.354 e. The van der Waals surface area contributed by atoms with Gasteiger partial charge >= 0.3 is 5.97 Å². The zero-order valence-electron chi connectivity index (χ0n) is 9.76. The van der Waals surface area contributed by atoms with Gasteiger partial charge in [0.1, 0.15) is 5.82 Å². The van der Waals surface area contributed by atoms with E-state index in [2.05, 4.69) is 4.98 Å². The Balaban J connectivity index is 2.13. The van der Waals surface area contributed by atoms with Gasteiger partial charge in [0.05, 0.1) is 5.60 Å². The topological polar surface area (TPSA) is 73.7 Å². The first-order chi connectivity index (χ1) is 7.98. The molecule has 0 unspecified atom stereocenters. The number of aliphatic hydroxyl groups is 1. The van der Waals surface area contributed by atoms with Crippen molar-refractivity contribution in [2.75, 3.05) is 18.0 Å². The normalized spacial score (nSPS) is 19.1. The molecule has 5 heteroatoms. The Hall–Kier alpha value is -1.62. The highest BCUT2D eigenvalue weighted by molar-refractivity contribution is 5.85. The molecule has 2 N–H and O–H groups in total. The lowest BCUT2D eigenvalue weighted by Gasteiger charge is -2.36. The highest BCUT2D eigenvalue weighted by Gasteiger charge is 2.27. The number of carbonyl (C=O) groups is 1. The summed E-state index contributed by atoms with van der Waals surface area (Å²) in [4.78, 5) is 16.9. The predicted molar refractivity (Wildman–Crippen MR) is 63.3 cm³/mol. The fourth-order valence-corrected chi connectivity index (χ4v) is 1.94.